The fourth-order valence-electron chi connectivity index (χ4n) is 3.94. The van der Waals surface area contributed by atoms with Gasteiger partial charge in [-0.1, -0.05) is 30.3 Å². The summed E-state index contributed by atoms with van der Waals surface area (Å²) < 4.78 is 13.7. The van der Waals surface area contributed by atoms with Crippen LogP contribution in [0.3, 0.4) is 0 Å². The molecule has 152 valence electrons. The number of piperazine rings is 1. The quantitative estimate of drug-likeness (QED) is 0.698. The van der Waals surface area contributed by atoms with Gasteiger partial charge in [-0.15, -0.1) is 0 Å². The Bertz CT molecular complexity index is 993. The van der Waals surface area contributed by atoms with Gasteiger partial charge in [-0.3, -0.25) is 9.69 Å². The third kappa shape index (κ3) is 4.49. The fraction of sp³-hybridized carbons (Fsp3) is 0.348. The molecule has 1 amide bonds. The summed E-state index contributed by atoms with van der Waals surface area (Å²) in [4.78, 5) is 20.8. The zero-order chi connectivity index (χ0) is 20.4. The molecule has 1 aromatic heterocycles. The van der Waals surface area contributed by atoms with Crippen LogP contribution in [-0.2, 0) is 0 Å². The molecule has 6 heteroatoms. The number of carbonyl (C=O) groups is 1. The number of benzene rings is 2. The largest absolute Gasteiger partial charge is 0.350 e. The van der Waals surface area contributed by atoms with Crippen LogP contribution in [0.5, 0.6) is 0 Å². The molecular weight excluding hydrogens is 367 g/mol. The van der Waals surface area contributed by atoms with E-state index in [1.807, 2.05) is 37.3 Å². The Labute approximate surface area is 170 Å². The van der Waals surface area contributed by atoms with Crippen molar-refractivity contribution < 1.29 is 9.18 Å². The molecule has 1 atom stereocenters. The van der Waals surface area contributed by atoms with Crippen molar-refractivity contribution in [2.75, 3.05) is 39.8 Å². The first-order valence-electron chi connectivity index (χ1n) is 10.0. The zero-order valence-corrected chi connectivity index (χ0v) is 16.9. The number of nitrogens with one attached hydrogen (secondary N) is 2. The Balaban J connectivity index is 1.55. The Morgan fingerprint density at radius 1 is 1.14 bits per heavy atom. The minimum Gasteiger partial charge on any atom is -0.350 e. The summed E-state index contributed by atoms with van der Waals surface area (Å²) in [6, 6.07) is 14.7. The maximum atomic E-state index is 13.7. The van der Waals surface area contributed by atoms with Gasteiger partial charge in [0.2, 0.25) is 0 Å². The molecule has 2 heterocycles. The minimum absolute atomic E-state index is 0.114. The highest BCUT2D eigenvalue weighted by atomic mass is 19.1. The van der Waals surface area contributed by atoms with E-state index in [1.165, 1.54) is 12.1 Å². The molecule has 1 aliphatic rings. The Morgan fingerprint density at radius 3 is 2.59 bits per heavy atom. The van der Waals surface area contributed by atoms with Crippen LogP contribution >= 0.6 is 0 Å². The normalized spacial score (nSPS) is 16.8. The van der Waals surface area contributed by atoms with Crippen LogP contribution in [-0.4, -0.2) is 60.5 Å². The number of likely N-dealkylation sites (N-methyl/N-ethyl adjacent to an activating group) is 1. The number of hydrogen-bond acceptors (Lipinski definition) is 3. The molecule has 3 aromatic rings. The lowest BCUT2D eigenvalue weighted by Gasteiger charge is -2.35. The van der Waals surface area contributed by atoms with Gasteiger partial charge >= 0.3 is 0 Å². The van der Waals surface area contributed by atoms with Crippen molar-refractivity contribution in [1.29, 1.82) is 0 Å². The number of fused-ring (bicyclic) bond motifs is 1. The van der Waals surface area contributed by atoms with Crippen LogP contribution in [0.4, 0.5) is 4.39 Å². The predicted molar refractivity (Wildman–Crippen MR) is 114 cm³/mol. The van der Waals surface area contributed by atoms with Crippen LogP contribution in [0.1, 0.15) is 27.7 Å². The van der Waals surface area contributed by atoms with E-state index in [4.69, 9.17) is 0 Å². The number of aryl methyl sites for hydroxylation is 1. The molecule has 0 radical (unpaired) electrons. The third-order valence-electron chi connectivity index (χ3n) is 5.70. The Kier molecular flexibility index (Phi) is 5.65. The number of aromatic amines is 1. The highest BCUT2D eigenvalue weighted by Crippen LogP contribution is 2.22. The summed E-state index contributed by atoms with van der Waals surface area (Å²) in [6.45, 7) is 6.64. The van der Waals surface area contributed by atoms with Gasteiger partial charge in [0.1, 0.15) is 11.5 Å². The molecule has 29 heavy (non-hydrogen) atoms. The minimum atomic E-state index is -0.305. The summed E-state index contributed by atoms with van der Waals surface area (Å²) >= 11 is 0. The van der Waals surface area contributed by atoms with Crippen molar-refractivity contribution >= 4 is 16.8 Å². The van der Waals surface area contributed by atoms with Crippen molar-refractivity contribution in [2.24, 2.45) is 0 Å². The average molecular weight is 394 g/mol. The number of carbonyl (C=O) groups excluding carboxylic acids is 1. The Morgan fingerprint density at radius 2 is 1.86 bits per heavy atom. The average Bonchev–Trinajstić information content (AvgIpc) is 3.14. The lowest BCUT2D eigenvalue weighted by Crippen LogP contribution is -2.47. The molecule has 0 saturated carbocycles. The van der Waals surface area contributed by atoms with Crippen LogP contribution in [0.25, 0.3) is 10.9 Å². The van der Waals surface area contributed by atoms with Crippen LogP contribution in [0, 0.1) is 12.7 Å². The second kappa shape index (κ2) is 8.35. The van der Waals surface area contributed by atoms with Crippen molar-refractivity contribution in [2.45, 2.75) is 13.0 Å². The van der Waals surface area contributed by atoms with E-state index in [0.717, 1.165) is 49.2 Å². The van der Waals surface area contributed by atoms with Gasteiger partial charge in [0, 0.05) is 43.6 Å². The molecule has 0 aliphatic carbocycles. The van der Waals surface area contributed by atoms with Gasteiger partial charge in [-0.05, 0) is 43.3 Å². The highest BCUT2D eigenvalue weighted by molar-refractivity contribution is 5.99. The molecule has 1 saturated heterocycles. The van der Waals surface area contributed by atoms with E-state index in [9.17, 15) is 9.18 Å². The number of aromatic nitrogens is 1. The fourth-order valence-corrected chi connectivity index (χ4v) is 3.94. The van der Waals surface area contributed by atoms with E-state index < -0.39 is 0 Å². The van der Waals surface area contributed by atoms with Gasteiger partial charge in [0.05, 0.1) is 6.04 Å². The smallest absolute Gasteiger partial charge is 0.268 e. The first-order chi connectivity index (χ1) is 14.0. The first-order valence-corrected chi connectivity index (χ1v) is 10.0. The molecule has 1 fully saturated rings. The number of nitrogens with zero attached hydrogens (tertiary/aromatic N) is 2. The molecule has 2 aromatic carbocycles. The number of amides is 1. The number of H-pyrrole nitrogens is 1. The summed E-state index contributed by atoms with van der Waals surface area (Å²) in [5.74, 6) is -0.481. The van der Waals surface area contributed by atoms with Gasteiger partial charge in [-0.2, -0.15) is 0 Å². The van der Waals surface area contributed by atoms with E-state index in [1.54, 1.807) is 6.07 Å². The lowest BCUT2D eigenvalue weighted by molar-refractivity contribution is 0.0903. The molecule has 4 rings (SSSR count). The summed E-state index contributed by atoms with van der Waals surface area (Å²) in [5.41, 5.74) is 2.99. The first kappa shape index (κ1) is 19.6. The van der Waals surface area contributed by atoms with Gasteiger partial charge in [0.15, 0.2) is 0 Å². The molecular formula is C23H27FN4O. The van der Waals surface area contributed by atoms with Crippen molar-refractivity contribution in [1.82, 2.24) is 20.1 Å². The van der Waals surface area contributed by atoms with Crippen molar-refractivity contribution in [3.05, 3.63) is 71.2 Å². The summed E-state index contributed by atoms with van der Waals surface area (Å²) in [6.07, 6.45) is 0. The Hall–Kier alpha value is -2.70. The van der Waals surface area contributed by atoms with E-state index in [2.05, 4.69) is 27.1 Å². The van der Waals surface area contributed by atoms with Crippen LogP contribution in [0.2, 0.25) is 0 Å². The molecule has 1 aliphatic heterocycles. The molecule has 0 spiro atoms. The molecule has 1 unspecified atom stereocenters. The maximum Gasteiger partial charge on any atom is 0.268 e. The van der Waals surface area contributed by atoms with Crippen LogP contribution < -0.4 is 5.32 Å². The van der Waals surface area contributed by atoms with Crippen LogP contribution in [0.15, 0.2) is 48.5 Å². The maximum absolute atomic E-state index is 13.7. The summed E-state index contributed by atoms with van der Waals surface area (Å²) in [5, 5.41) is 4.05. The van der Waals surface area contributed by atoms with Crippen molar-refractivity contribution in [3.8, 4) is 0 Å². The molecule has 0 bridgehead atoms. The topological polar surface area (TPSA) is 51.4 Å². The van der Waals surface area contributed by atoms with Gasteiger partial charge < -0.3 is 15.2 Å². The SMILES string of the molecule is Cc1cc(F)cc2[nH]c(C(=O)NC(CN3CCN(C)CC3)c3ccccc3)cc12. The predicted octanol–water partition coefficient (Wildman–Crippen LogP) is 3.33. The zero-order valence-electron chi connectivity index (χ0n) is 16.9. The molecule has 2 N–H and O–H groups in total. The van der Waals surface area contributed by atoms with Gasteiger partial charge in [0.25, 0.3) is 5.91 Å². The second-order valence-corrected chi connectivity index (χ2v) is 7.91. The van der Waals surface area contributed by atoms with Gasteiger partial charge in [-0.25, -0.2) is 4.39 Å². The summed E-state index contributed by atoms with van der Waals surface area (Å²) in [7, 11) is 2.13. The van der Waals surface area contributed by atoms with E-state index in [0.29, 0.717) is 11.2 Å². The van der Waals surface area contributed by atoms with E-state index >= 15 is 0 Å². The van der Waals surface area contributed by atoms with E-state index in [-0.39, 0.29) is 17.8 Å². The number of rotatable bonds is 5. The highest BCUT2D eigenvalue weighted by Gasteiger charge is 2.22. The monoisotopic (exact) mass is 394 g/mol. The van der Waals surface area contributed by atoms with Crippen molar-refractivity contribution in [3.63, 3.8) is 0 Å². The number of halogens is 1. The standard InChI is InChI=1S/C23H27FN4O/c1-16-12-18(24)13-20-19(16)14-21(25-20)23(29)26-22(17-6-4-3-5-7-17)15-28-10-8-27(2)9-11-28/h3-7,12-14,22,25H,8-11,15H2,1-2H3,(H,26,29). The number of hydrogen-bond donors (Lipinski definition) is 2. The second-order valence-electron chi connectivity index (χ2n) is 7.91. The lowest BCUT2D eigenvalue weighted by atomic mass is 10.1. The molecule has 5 nitrogen and oxygen atoms in total. The third-order valence-corrected chi connectivity index (χ3v) is 5.70.